The van der Waals surface area contributed by atoms with E-state index in [2.05, 4.69) is 42.2 Å². The number of benzene rings is 1. The summed E-state index contributed by atoms with van der Waals surface area (Å²) >= 11 is 0. The summed E-state index contributed by atoms with van der Waals surface area (Å²) in [5.74, 6) is 0.481. The maximum absolute atomic E-state index is 4.02. The minimum Gasteiger partial charge on any atom is -0.346 e. The van der Waals surface area contributed by atoms with Crippen LogP contribution in [0.4, 0.5) is 5.69 Å². The fourth-order valence-corrected chi connectivity index (χ4v) is 1.68. The van der Waals surface area contributed by atoms with Crippen LogP contribution in [0.2, 0.25) is 0 Å². The topological polar surface area (TPSA) is 15.6 Å². The minimum absolute atomic E-state index is 0.481. The summed E-state index contributed by atoms with van der Waals surface area (Å²) in [6.45, 7) is 13.5. The molecule has 0 aliphatic rings. The Labute approximate surface area is 98.3 Å². The molecule has 0 fully saturated rings. The van der Waals surface area contributed by atoms with Gasteiger partial charge >= 0.3 is 0 Å². The van der Waals surface area contributed by atoms with E-state index in [-0.39, 0.29) is 0 Å². The van der Waals surface area contributed by atoms with E-state index in [1.165, 1.54) is 5.69 Å². The molecule has 1 aromatic carbocycles. The SMILES string of the molecule is C=NCC(C)CN(C(=C)C)c1ccccc1. The number of anilines is 1. The van der Waals surface area contributed by atoms with Gasteiger partial charge in [-0.25, -0.2) is 0 Å². The fraction of sp³-hybridized carbons (Fsp3) is 0.357. The first-order valence-corrected chi connectivity index (χ1v) is 5.55. The second kappa shape index (κ2) is 6.11. The van der Waals surface area contributed by atoms with Gasteiger partial charge in [-0.15, -0.1) is 0 Å². The van der Waals surface area contributed by atoms with Crippen molar-refractivity contribution >= 4 is 12.4 Å². The first-order chi connectivity index (χ1) is 7.65. The molecule has 86 valence electrons. The Morgan fingerprint density at radius 3 is 2.50 bits per heavy atom. The number of aliphatic imine (C=N–C) groups is 1. The summed E-state index contributed by atoms with van der Waals surface area (Å²) in [4.78, 5) is 6.15. The summed E-state index contributed by atoms with van der Waals surface area (Å²) in [5.41, 5.74) is 2.24. The van der Waals surface area contributed by atoms with E-state index in [4.69, 9.17) is 0 Å². The van der Waals surface area contributed by atoms with Crippen molar-refractivity contribution in [1.29, 1.82) is 0 Å². The van der Waals surface area contributed by atoms with Crippen molar-refractivity contribution in [3.8, 4) is 0 Å². The van der Waals surface area contributed by atoms with Gasteiger partial charge in [0, 0.05) is 24.5 Å². The maximum atomic E-state index is 4.02. The molecule has 1 aromatic rings. The van der Waals surface area contributed by atoms with Gasteiger partial charge in [-0.1, -0.05) is 31.7 Å². The number of para-hydroxylation sites is 1. The Morgan fingerprint density at radius 2 is 2.00 bits per heavy atom. The van der Waals surface area contributed by atoms with Gasteiger partial charge < -0.3 is 9.89 Å². The van der Waals surface area contributed by atoms with Crippen LogP contribution in [0.1, 0.15) is 13.8 Å². The molecule has 0 spiro atoms. The molecular weight excluding hydrogens is 196 g/mol. The lowest BCUT2D eigenvalue weighted by Crippen LogP contribution is -2.27. The summed E-state index contributed by atoms with van der Waals surface area (Å²) < 4.78 is 0. The third-order valence-corrected chi connectivity index (χ3v) is 2.46. The van der Waals surface area contributed by atoms with Crippen molar-refractivity contribution in [3.05, 3.63) is 42.6 Å². The van der Waals surface area contributed by atoms with Crippen LogP contribution >= 0.6 is 0 Å². The fourth-order valence-electron chi connectivity index (χ4n) is 1.68. The molecule has 0 aliphatic heterocycles. The van der Waals surface area contributed by atoms with Crippen LogP contribution in [-0.4, -0.2) is 19.8 Å². The highest BCUT2D eigenvalue weighted by molar-refractivity contribution is 5.50. The standard InChI is InChI=1S/C14H20N2/c1-12(2)16(11-13(3)10-15-4)14-8-6-5-7-9-14/h5-9,13H,1,4,10-11H2,2-3H3. The third-order valence-electron chi connectivity index (χ3n) is 2.46. The van der Waals surface area contributed by atoms with Gasteiger partial charge in [0.2, 0.25) is 0 Å². The van der Waals surface area contributed by atoms with Gasteiger partial charge in [0.15, 0.2) is 0 Å². The van der Waals surface area contributed by atoms with Crippen molar-refractivity contribution in [2.75, 3.05) is 18.0 Å². The van der Waals surface area contributed by atoms with Crippen molar-refractivity contribution < 1.29 is 0 Å². The highest BCUT2D eigenvalue weighted by Crippen LogP contribution is 2.19. The first kappa shape index (κ1) is 12.5. The molecule has 1 rings (SSSR count). The molecule has 1 atom stereocenters. The van der Waals surface area contributed by atoms with E-state index in [0.717, 1.165) is 18.8 Å². The van der Waals surface area contributed by atoms with Gasteiger partial charge in [-0.3, -0.25) is 0 Å². The quantitative estimate of drug-likeness (QED) is 0.666. The highest BCUT2D eigenvalue weighted by atomic mass is 15.1. The van der Waals surface area contributed by atoms with E-state index >= 15 is 0 Å². The highest BCUT2D eigenvalue weighted by Gasteiger charge is 2.10. The number of hydrogen-bond donors (Lipinski definition) is 0. The molecule has 0 amide bonds. The van der Waals surface area contributed by atoms with Crippen LogP contribution in [0.3, 0.4) is 0 Å². The van der Waals surface area contributed by atoms with Gasteiger partial charge in [0.1, 0.15) is 0 Å². The number of rotatable bonds is 6. The first-order valence-electron chi connectivity index (χ1n) is 5.55. The van der Waals surface area contributed by atoms with E-state index in [1.807, 2.05) is 25.1 Å². The average molecular weight is 216 g/mol. The van der Waals surface area contributed by atoms with E-state index < -0.39 is 0 Å². The smallest absolute Gasteiger partial charge is 0.0424 e. The van der Waals surface area contributed by atoms with Crippen LogP contribution in [0.15, 0.2) is 47.6 Å². The predicted octanol–water partition coefficient (Wildman–Crippen LogP) is 3.36. The second-order valence-corrected chi connectivity index (χ2v) is 4.19. The summed E-state index contributed by atoms with van der Waals surface area (Å²) in [6, 6.07) is 10.3. The largest absolute Gasteiger partial charge is 0.346 e. The van der Waals surface area contributed by atoms with E-state index in [0.29, 0.717) is 5.92 Å². The zero-order valence-electron chi connectivity index (χ0n) is 10.2. The molecule has 0 aromatic heterocycles. The molecule has 16 heavy (non-hydrogen) atoms. The minimum atomic E-state index is 0.481. The van der Waals surface area contributed by atoms with E-state index in [1.54, 1.807) is 0 Å². The zero-order valence-corrected chi connectivity index (χ0v) is 10.2. The van der Waals surface area contributed by atoms with Crippen LogP contribution in [0.25, 0.3) is 0 Å². The predicted molar refractivity (Wildman–Crippen MR) is 72.2 cm³/mol. The molecule has 0 saturated heterocycles. The maximum Gasteiger partial charge on any atom is 0.0424 e. The van der Waals surface area contributed by atoms with Crippen LogP contribution in [-0.2, 0) is 0 Å². The molecule has 2 nitrogen and oxygen atoms in total. The Hall–Kier alpha value is -1.57. The molecular formula is C14H20N2. The lowest BCUT2D eigenvalue weighted by molar-refractivity contribution is 0.594. The van der Waals surface area contributed by atoms with Gasteiger partial charge in [0.25, 0.3) is 0 Å². The molecule has 0 heterocycles. The molecule has 0 saturated carbocycles. The number of allylic oxidation sites excluding steroid dienone is 1. The molecule has 0 aliphatic carbocycles. The Bertz CT molecular complexity index is 343. The lowest BCUT2D eigenvalue weighted by atomic mass is 10.1. The van der Waals surface area contributed by atoms with Gasteiger partial charge in [0.05, 0.1) is 0 Å². The van der Waals surface area contributed by atoms with Crippen molar-refractivity contribution in [2.45, 2.75) is 13.8 Å². The van der Waals surface area contributed by atoms with Crippen molar-refractivity contribution in [3.63, 3.8) is 0 Å². The van der Waals surface area contributed by atoms with Crippen molar-refractivity contribution in [2.24, 2.45) is 10.9 Å². The molecule has 0 N–H and O–H groups in total. The molecule has 1 unspecified atom stereocenters. The number of nitrogens with zero attached hydrogens (tertiary/aromatic N) is 2. The molecule has 0 bridgehead atoms. The second-order valence-electron chi connectivity index (χ2n) is 4.19. The van der Waals surface area contributed by atoms with Gasteiger partial charge in [-0.2, -0.15) is 0 Å². The Balaban J connectivity index is 2.76. The van der Waals surface area contributed by atoms with Crippen LogP contribution < -0.4 is 4.90 Å². The third kappa shape index (κ3) is 3.54. The lowest BCUT2D eigenvalue weighted by Gasteiger charge is -2.27. The van der Waals surface area contributed by atoms with Crippen LogP contribution in [0.5, 0.6) is 0 Å². The van der Waals surface area contributed by atoms with Crippen molar-refractivity contribution in [1.82, 2.24) is 0 Å². The monoisotopic (exact) mass is 216 g/mol. The summed E-state index contributed by atoms with van der Waals surface area (Å²) in [6.07, 6.45) is 0. The van der Waals surface area contributed by atoms with E-state index in [9.17, 15) is 0 Å². The average Bonchev–Trinajstić information content (AvgIpc) is 2.27. The Morgan fingerprint density at radius 1 is 1.38 bits per heavy atom. The van der Waals surface area contributed by atoms with Gasteiger partial charge in [-0.05, 0) is 31.7 Å². The number of hydrogen-bond acceptors (Lipinski definition) is 2. The molecule has 0 radical (unpaired) electrons. The van der Waals surface area contributed by atoms with Crippen LogP contribution in [0, 0.1) is 5.92 Å². The molecule has 2 heteroatoms. The summed E-state index contributed by atoms with van der Waals surface area (Å²) in [5, 5.41) is 0. The summed E-state index contributed by atoms with van der Waals surface area (Å²) in [7, 11) is 0. The normalized spacial score (nSPS) is 11.9. The zero-order chi connectivity index (χ0) is 12.0. The Kier molecular flexibility index (Phi) is 4.77.